The fourth-order valence-corrected chi connectivity index (χ4v) is 3.08. The molecule has 4 atom stereocenters. The van der Waals surface area contributed by atoms with Crippen LogP contribution in [0.25, 0.3) is 0 Å². The Bertz CT molecular complexity index is 213. The number of hydrogen-bond donors (Lipinski definition) is 1. The smallest absolute Gasteiger partial charge is 0.157 e. The quantitative estimate of drug-likeness (QED) is 0.497. The molecular formula is C18H38O2. The molecule has 1 N–H and O–H groups in total. The van der Waals surface area contributed by atoms with Gasteiger partial charge in [-0.25, -0.2) is 0 Å². The predicted molar refractivity (Wildman–Crippen MR) is 87.7 cm³/mol. The van der Waals surface area contributed by atoms with Gasteiger partial charge in [0.1, 0.15) is 0 Å². The van der Waals surface area contributed by atoms with Gasteiger partial charge in [-0.1, -0.05) is 73.6 Å². The highest BCUT2D eigenvalue weighted by atomic mass is 16.6. The molecule has 0 saturated carbocycles. The van der Waals surface area contributed by atoms with E-state index in [1.807, 2.05) is 0 Å². The molecule has 0 aliphatic rings. The van der Waals surface area contributed by atoms with Crippen molar-refractivity contribution >= 4 is 0 Å². The molecular weight excluding hydrogens is 248 g/mol. The summed E-state index contributed by atoms with van der Waals surface area (Å²) >= 11 is 0. The second-order valence-corrected chi connectivity index (χ2v) is 6.55. The van der Waals surface area contributed by atoms with Crippen molar-refractivity contribution in [3.8, 4) is 0 Å². The molecule has 0 aromatic carbocycles. The number of aliphatic hydroxyl groups excluding tert-OH is 1. The molecule has 0 rings (SSSR count). The maximum absolute atomic E-state index is 10.2. The van der Waals surface area contributed by atoms with Crippen LogP contribution >= 0.6 is 0 Å². The Morgan fingerprint density at radius 3 is 1.95 bits per heavy atom. The van der Waals surface area contributed by atoms with E-state index >= 15 is 0 Å². The van der Waals surface area contributed by atoms with Crippen molar-refractivity contribution in [1.82, 2.24) is 0 Å². The molecule has 2 nitrogen and oxygen atoms in total. The summed E-state index contributed by atoms with van der Waals surface area (Å²) in [7, 11) is 0. The third kappa shape index (κ3) is 7.64. The molecule has 122 valence electrons. The van der Waals surface area contributed by atoms with Gasteiger partial charge in [-0.15, -0.1) is 0 Å². The molecule has 0 spiro atoms. The summed E-state index contributed by atoms with van der Waals surface area (Å²) in [5, 5.41) is 10.2. The Labute approximate surface area is 127 Å². The average molecular weight is 287 g/mol. The zero-order valence-corrected chi connectivity index (χ0v) is 14.7. The third-order valence-electron chi connectivity index (χ3n) is 4.87. The van der Waals surface area contributed by atoms with Crippen LogP contribution in [0.4, 0.5) is 0 Å². The summed E-state index contributed by atoms with van der Waals surface area (Å²) in [6, 6.07) is 0. The van der Waals surface area contributed by atoms with Crippen molar-refractivity contribution in [3.63, 3.8) is 0 Å². The van der Waals surface area contributed by atoms with Gasteiger partial charge >= 0.3 is 0 Å². The van der Waals surface area contributed by atoms with Crippen LogP contribution in [0.3, 0.4) is 0 Å². The SMILES string of the molecule is CCCC(CC)C(C)COC(O)C(C)CC(CC)CC. The summed E-state index contributed by atoms with van der Waals surface area (Å²) in [6.07, 6.45) is 6.55. The standard InChI is InChI=1S/C18H38O2/c1-7-11-17(10-4)15(6)13-20-18(19)14(5)12-16(8-2)9-3/h14-19H,7-13H2,1-6H3. The summed E-state index contributed by atoms with van der Waals surface area (Å²) in [5.74, 6) is 2.21. The largest absolute Gasteiger partial charge is 0.368 e. The molecule has 0 fully saturated rings. The van der Waals surface area contributed by atoms with Gasteiger partial charge in [-0.2, -0.15) is 0 Å². The zero-order valence-electron chi connectivity index (χ0n) is 14.7. The molecule has 2 heteroatoms. The van der Waals surface area contributed by atoms with E-state index in [0.717, 1.165) is 12.3 Å². The lowest BCUT2D eigenvalue weighted by molar-refractivity contribution is -0.145. The van der Waals surface area contributed by atoms with E-state index in [2.05, 4.69) is 41.5 Å². The molecule has 0 saturated heterocycles. The van der Waals surface area contributed by atoms with Crippen molar-refractivity contribution in [1.29, 1.82) is 0 Å². The van der Waals surface area contributed by atoms with Crippen molar-refractivity contribution in [2.24, 2.45) is 23.7 Å². The minimum atomic E-state index is -0.600. The average Bonchev–Trinajstić information content (AvgIpc) is 2.46. The molecule has 0 heterocycles. The van der Waals surface area contributed by atoms with E-state index < -0.39 is 6.29 Å². The minimum Gasteiger partial charge on any atom is -0.368 e. The molecule has 0 amide bonds. The van der Waals surface area contributed by atoms with E-state index in [1.165, 1.54) is 32.1 Å². The lowest BCUT2D eigenvalue weighted by Crippen LogP contribution is -2.27. The molecule has 20 heavy (non-hydrogen) atoms. The maximum atomic E-state index is 10.2. The van der Waals surface area contributed by atoms with Crippen LogP contribution < -0.4 is 0 Å². The first-order chi connectivity index (χ1) is 9.49. The fourth-order valence-electron chi connectivity index (χ4n) is 3.08. The highest BCUT2D eigenvalue weighted by molar-refractivity contribution is 4.67. The summed E-state index contributed by atoms with van der Waals surface area (Å²) in [5.41, 5.74) is 0. The molecule has 0 aliphatic heterocycles. The summed E-state index contributed by atoms with van der Waals surface area (Å²) in [6.45, 7) is 14.0. The van der Waals surface area contributed by atoms with Crippen LogP contribution in [0.15, 0.2) is 0 Å². The Hall–Kier alpha value is -0.0800. The van der Waals surface area contributed by atoms with E-state index in [0.29, 0.717) is 18.4 Å². The van der Waals surface area contributed by atoms with Crippen LogP contribution in [-0.2, 0) is 4.74 Å². The fraction of sp³-hybridized carbons (Fsp3) is 1.00. The number of rotatable bonds is 12. The monoisotopic (exact) mass is 286 g/mol. The predicted octanol–water partition coefficient (Wildman–Crippen LogP) is 5.25. The first-order valence-electron chi connectivity index (χ1n) is 8.79. The number of ether oxygens (including phenoxy) is 1. The van der Waals surface area contributed by atoms with E-state index in [4.69, 9.17) is 4.74 Å². The van der Waals surface area contributed by atoms with E-state index in [9.17, 15) is 5.11 Å². The van der Waals surface area contributed by atoms with Crippen molar-refractivity contribution < 1.29 is 9.84 Å². The highest BCUT2D eigenvalue weighted by Crippen LogP contribution is 2.24. The van der Waals surface area contributed by atoms with Crippen molar-refractivity contribution in [3.05, 3.63) is 0 Å². The van der Waals surface area contributed by atoms with Crippen molar-refractivity contribution in [2.75, 3.05) is 6.61 Å². The molecule has 0 aliphatic carbocycles. The second-order valence-electron chi connectivity index (χ2n) is 6.55. The molecule has 0 bridgehead atoms. The van der Waals surface area contributed by atoms with Gasteiger partial charge in [0.15, 0.2) is 6.29 Å². The summed E-state index contributed by atoms with van der Waals surface area (Å²) < 4.78 is 5.74. The van der Waals surface area contributed by atoms with Gasteiger partial charge in [0.05, 0.1) is 6.61 Å². The van der Waals surface area contributed by atoms with Crippen LogP contribution in [0.5, 0.6) is 0 Å². The Balaban J connectivity index is 4.09. The summed E-state index contributed by atoms with van der Waals surface area (Å²) in [4.78, 5) is 0. The number of hydrogen-bond acceptors (Lipinski definition) is 2. The second kappa shape index (κ2) is 11.6. The normalized spacial score (nSPS) is 18.0. The first-order valence-corrected chi connectivity index (χ1v) is 8.79. The van der Waals surface area contributed by atoms with Gasteiger partial charge in [-0.05, 0) is 24.2 Å². The highest BCUT2D eigenvalue weighted by Gasteiger charge is 2.21. The van der Waals surface area contributed by atoms with Crippen LogP contribution in [-0.4, -0.2) is 18.0 Å². The van der Waals surface area contributed by atoms with E-state index in [-0.39, 0.29) is 5.92 Å². The van der Waals surface area contributed by atoms with E-state index in [1.54, 1.807) is 0 Å². The minimum absolute atomic E-state index is 0.235. The van der Waals surface area contributed by atoms with Crippen LogP contribution in [0, 0.1) is 23.7 Å². The molecule has 0 radical (unpaired) electrons. The topological polar surface area (TPSA) is 29.5 Å². The molecule has 0 aromatic heterocycles. The molecule has 0 aromatic rings. The Morgan fingerprint density at radius 2 is 1.50 bits per heavy atom. The zero-order chi connectivity index (χ0) is 15.5. The van der Waals surface area contributed by atoms with Gasteiger partial charge < -0.3 is 9.84 Å². The lowest BCUT2D eigenvalue weighted by atomic mass is 9.88. The molecule has 4 unspecified atom stereocenters. The Morgan fingerprint density at radius 1 is 0.900 bits per heavy atom. The van der Waals surface area contributed by atoms with Gasteiger partial charge in [-0.3, -0.25) is 0 Å². The third-order valence-corrected chi connectivity index (χ3v) is 4.87. The number of aliphatic hydroxyl groups is 1. The van der Waals surface area contributed by atoms with Gasteiger partial charge in [0, 0.05) is 5.92 Å². The van der Waals surface area contributed by atoms with Gasteiger partial charge in [0.2, 0.25) is 0 Å². The van der Waals surface area contributed by atoms with Gasteiger partial charge in [0.25, 0.3) is 0 Å². The first kappa shape index (κ1) is 19.9. The lowest BCUT2D eigenvalue weighted by Gasteiger charge is -2.27. The Kier molecular flexibility index (Phi) is 11.5. The van der Waals surface area contributed by atoms with Crippen LogP contribution in [0.2, 0.25) is 0 Å². The maximum Gasteiger partial charge on any atom is 0.157 e. The van der Waals surface area contributed by atoms with Crippen LogP contribution in [0.1, 0.15) is 80.1 Å². The van der Waals surface area contributed by atoms with Crippen molar-refractivity contribution in [2.45, 2.75) is 86.4 Å².